The van der Waals surface area contributed by atoms with Gasteiger partial charge in [0.25, 0.3) is 0 Å². The molecule has 1 fully saturated rings. The van der Waals surface area contributed by atoms with Crippen molar-refractivity contribution in [2.75, 3.05) is 0 Å². The van der Waals surface area contributed by atoms with Crippen molar-refractivity contribution in [3.63, 3.8) is 0 Å². The van der Waals surface area contributed by atoms with Gasteiger partial charge in [0.2, 0.25) is 0 Å². The largest absolute Gasteiger partial charge is 0.415 e. The second kappa shape index (κ2) is 4.23. The zero-order valence-corrected chi connectivity index (χ0v) is 12.5. The molecule has 0 aliphatic heterocycles. The highest BCUT2D eigenvalue weighted by atomic mass is 19.4. The Bertz CT molecular complexity index is 916. The SMILES string of the molecule is O=NC1C(C(F)(F)F)=C2c3ccc4n[nH]nc4c3C[C@@]23CC[C@@H]1C3. The number of benzene rings is 1. The first kappa shape index (κ1) is 14.1. The number of H-pyrrole nitrogens is 1. The van der Waals surface area contributed by atoms with Crippen molar-refractivity contribution in [2.24, 2.45) is 16.5 Å². The molecule has 3 aliphatic rings. The number of aromatic nitrogens is 3. The Labute approximate surface area is 134 Å². The Morgan fingerprint density at radius 1 is 1.29 bits per heavy atom. The van der Waals surface area contributed by atoms with Crippen molar-refractivity contribution in [3.05, 3.63) is 33.7 Å². The summed E-state index contributed by atoms with van der Waals surface area (Å²) in [6.07, 6.45) is -2.17. The van der Waals surface area contributed by atoms with Crippen LogP contribution in [0.25, 0.3) is 16.6 Å². The Morgan fingerprint density at radius 3 is 2.88 bits per heavy atom. The van der Waals surface area contributed by atoms with Crippen molar-refractivity contribution in [1.82, 2.24) is 15.4 Å². The molecule has 3 atom stereocenters. The number of hydrogen-bond donors (Lipinski definition) is 1. The molecule has 3 aliphatic carbocycles. The van der Waals surface area contributed by atoms with Gasteiger partial charge in [0.05, 0.1) is 5.57 Å². The van der Waals surface area contributed by atoms with E-state index >= 15 is 0 Å². The fraction of sp³-hybridized carbons (Fsp3) is 0.500. The van der Waals surface area contributed by atoms with Crippen LogP contribution in [-0.4, -0.2) is 27.6 Å². The first-order chi connectivity index (χ1) is 11.4. The summed E-state index contributed by atoms with van der Waals surface area (Å²) in [6, 6.07) is 2.08. The number of nitrogens with one attached hydrogen (secondary N) is 1. The highest BCUT2D eigenvalue weighted by Gasteiger charge is 2.60. The number of allylic oxidation sites excluding steroid dienone is 1. The molecule has 5 nitrogen and oxygen atoms in total. The van der Waals surface area contributed by atoms with E-state index in [0.717, 1.165) is 5.56 Å². The zero-order valence-electron chi connectivity index (χ0n) is 12.5. The molecule has 1 aromatic carbocycles. The van der Waals surface area contributed by atoms with E-state index in [9.17, 15) is 18.1 Å². The second-order valence-corrected chi connectivity index (χ2v) is 7.08. The van der Waals surface area contributed by atoms with Crippen molar-refractivity contribution >= 4 is 16.6 Å². The summed E-state index contributed by atoms with van der Waals surface area (Å²) in [5, 5.41) is 13.6. The molecule has 8 heteroatoms. The van der Waals surface area contributed by atoms with E-state index in [1.807, 2.05) is 0 Å². The highest BCUT2D eigenvalue weighted by molar-refractivity contribution is 5.91. The maximum absolute atomic E-state index is 13.8. The summed E-state index contributed by atoms with van der Waals surface area (Å²) in [5.41, 5.74) is 1.68. The first-order valence-electron chi connectivity index (χ1n) is 7.92. The van der Waals surface area contributed by atoms with Crippen LogP contribution in [0.4, 0.5) is 13.2 Å². The van der Waals surface area contributed by atoms with Gasteiger partial charge in [-0.05, 0) is 54.4 Å². The van der Waals surface area contributed by atoms with Gasteiger partial charge >= 0.3 is 6.18 Å². The number of aromatic amines is 1. The molecule has 2 bridgehead atoms. The third-order valence-corrected chi connectivity index (χ3v) is 5.99. The lowest BCUT2D eigenvalue weighted by molar-refractivity contribution is -0.0980. The van der Waals surface area contributed by atoms with Gasteiger partial charge in [-0.3, -0.25) is 0 Å². The van der Waals surface area contributed by atoms with Crippen LogP contribution in [0.15, 0.2) is 22.9 Å². The molecule has 24 heavy (non-hydrogen) atoms. The van der Waals surface area contributed by atoms with Gasteiger partial charge in [-0.1, -0.05) is 11.2 Å². The molecule has 0 saturated heterocycles. The van der Waals surface area contributed by atoms with Crippen LogP contribution in [0.2, 0.25) is 0 Å². The Kier molecular flexibility index (Phi) is 2.49. The number of hydrogen-bond acceptors (Lipinski definition) is 4. The number of halogens is 3. The fourth-order valence-electron chi connectivity index (χ4n) is 5.18. The van der Waals surface area contributed by atoms with Crippen LogP contribution < -0.4 is 0 Å². The van der Waals surface area contributed by atoms with E-state index in [4.69, 9.17) is 0 Å². The molecule has 0 amide bonds. The van der Waals surface area contributed by atoms with Gasteiger partial charge in [0.15, 0.2) is 0 Å². The van der Waals surface area contributed by atoms with Crippen molar-refractivity contribution in [1.29, 1.82) is 0 Å². The standard InChI is InChI=1S/C16H13F3N4O/c17-16(18,19)12-11-8-1-2-10-14(21-23-20-10)9(8)6-15(11)4-3-7(5-15)13(12)22-24/h1-2,7,13H,3-6H2,(H,20,21,23)/t7-,13?,15+/m1/s1. The molecular formula is C16H13F3N4O. The number of fused-ring (bicyclic) bond motifs is 5. The van der Waals surface area contributed by atoms with Crippen LogP contribution in [0, 0.1) is 16.2 Å². The number of nitroso groups, excluding NO2 is 1. The normalized spacial score (nSPS) is 31.5. The molecular weight excluding hydrogens is 321 g/mol. The topological polar surface area (TPSA) is 71.0 Å². The van der Waals surface area contributed by atoms with Gasteiger partial charge in [-0.15, -0.1) is 0 Å². The predicted octanol–water partition coefficient (Wildman–Crippen LogP) is 3.77. The van der Waals surface area contributed by atoms with Crippen molar-refractivity contribution in [2.45, 2.75) is 37.9 Å². The summed E-state index contributed by atoms with van der Waals surface area (Å²) in [7, 11) is 0. The molecule has 124 valence electrons. The van der Waals surface area contributed by atoms with Gasteiger partial charge in [0.1, 0.15) is 17.1 Å². The van der Waals surface area contributed by atoms with E-state index in [1.54, 1.807) is 12.1 Å². The molecule has 0 radical (unpaired) electrons. The van der Waals surface area contributed by atoms with E-state index < -0.39 is 23.2 Å². The van der Waals surface area contributed by atoms with Crippen molar-refractivity contribution in [3.8, 4) is 0 Å². The molecule has 2 aromatic rings. The molecule has 1 unspecified atom stereocenters. The lowest BCUT2D eigenvalue weighted by Crippen LogP contribution is -2.36. The van der Waals surface area contributed by atoms with Crippen molar-refractivity contribution < 1.29 is 13.2 Å². The first-order valence-corrected chi connectivity index (χ1v) is 7.92. The minimum absolute atomic E-state index is 0.285. The van der Waals surface area contributed by atoms with Gasteiger partial charge in [-0.25, -0.2) is 0 Å². The quantitative estimate of drug-likeness (QED) is 0.807. The van der Waals surface area contributed by atoms with Crippen LogP contribution in [0.3, 0.4) is 0 Å². The lowest BCUT2D eigenvalue weighted by Gasteiger charge is -2.36. The Morgan fingerprint density at radius 2 is 2.12 bits per heavy atom. The van der Waals surface area contributed by atoms with E-state index in [1.165, 1.54) is 0 Å². The predicted molar refractivity (Wildman–Crippen MR) is 79.9 cm³/mol. The zero-order chi connectivity index (χ0) is 16.7. The molecule has 1 N–H and O–H groups in total. The summed E-state index contributed by atoms with van der Waals surface area (Å²) < 4.78 is 41.5. The fourth-order valence-corrected chi connectivity index (χ4v) is 5.18. The minimum atomic E-state index is -4.55. The van der Waals surface area contributed by atoms with Crippen LogP contribution in [0.5, 0.6) is 0 Å². The third-order valence-electron chi connectivity index (χ3n) is 5.99. The maximum Gasteiger partial charge on any atom is 0.415 e. The summed E-state index contributed by atoms with van der Waals surface area (Å²) in [6.45, 7) is 0. The Balaban J connectivity index is 1.88. The maximum atomic E-state index is 13.8. The summed E-state index contributed by atoms with van der Waals surface area (Å²) in [5.74, 6) is -0.315. The molecule has 1 spiro atoms. The third kappa shape index (κ3) is 1.56. The van der Waals surface area contributed by atoms with Crippen LogP contribution in [-0.2, 0) is 6.42 Å². The number of rotatable bonds is 1. The molecule has 1 heterocycles. The van der Waals surface area contributed by atoms with Crippen LogP contribution in [0.1, 0.15) is 30.4 Å². The van der Waals surface area contributed by atoms with E-state index in [2.05, 4.69) is 20.6 Å². The Hall–Kier alpha value is -2.25. The number of alkyl halides is 3. The molecule has 5 rings (SSSR count). The smallest absolute Gasteiger partial charge is 0.197 e. The monoisotopic (exact) mass is 334 g/mol. The van der Waals surface area contributed by atoms with Gasteiger partial charge in [0, 0.05) is 5.41 Å². The average Bonchev–Trinajstić information content (AvgIpc) is 3.21. The van der Waals surface area contributed by atoms with Gasteiger partial charge < -0.3 is 0 Å². The lowest BCUT2D eigenvalue weighted by atomic mass is 9.70. The second-order valence-electron chi connectivity index (χ2n) is 7.08. The number of nitrogens with zero attached hydrogens (tertiary/aromatic N) is 3. The average molecular weight is 334 g/mol. The molecule has 1 saturated carbocycles. The van der Waals surface area contributed by atoms with Crippen LogP contribution >= 0.6 is 0 Å². The highest BCUT2D eigenvalue weighted by Crippen LogP contribution is 2.65. The van der Waals surface area contributed by atoms with E-state index in [-0.39, 0.29) is 11.5 Å². The molecule has 1 aromatic heterocycles. The minimum Gasteiger partial charge on any atom is -0.197 e. The summed E-state index contributed by atoms with van der Waals surface area (Å²) in [4.78, 5) is 11.3. The van der Waals surface area contributed by atoms with E-state index in [0.29, 0.717) is 42.3 Å². The van der Waals surface area contributed by atoms with Gasteiger partial charge in [-0.2, -0.15) is 33.5 Å². The summed E-state index contributed by atoms with van der Waals surface area (Å²) >= 11 is 0.